The van der Waals surface area contributed by atoms with Crippen LogP contribution in [0.3, 0.4) is 0 Å². The van der Waals surface area contributed by atoms with Crippen molar-refractivity contribution < 1.29 is 22.1 Å². The van der Waals surface area contributed by atoms with Crippen LogP contribution in [0.1, 0.15) is 33.1 Å². The van der Waals surface area contributed by atoms with E-state index in [0.29, 0.717) is 23.7 Å². The Morgan fingerprint density at radius 3 is 2.60 bits per heavy atom. The fourth-order valence-electron chi connectivity index (χ4n) is 2.47. The van der Waals surface area contributed by atoms with Crippen molar-refractivity contribution in [2.24, 2.45) is 0 Å². The van der Waals surface area contributed by atoms with Gasteiger partial charge in [0.25, 0.3) is 0 Å². The molecule has 1 atom stereocenters. The minimum atomic E-state index is -1.44. The lowest BCUT2D eigenvalue weighted by Gasteiger charge is -2.13. The Balaban J connectivity index is 1.84. The highest BCUT2D eigenvalue weighted by Gasteiger charge is 2.07. The van der Waals surface area contributed by atoms with Gasteiger partial charge >= 0.3 is 0 Å². The van der Waals surface area contributed by atoms with Gasteiger partial charge in [0.2, 0.25) is 0 Å². The predicted octanol–water partition coefficient (Wildman–Crippen LogP) is 4.16. The van der Waals surface area contributed by atoms with Crippen molar-refractivity contribution in [2.75, 3.05) is 20.8 Å². The second kappa shape index (κ2) is 9.94. The van der Waals surface area contributed by atoms with Crippen LogP contribution in [0, 0.1) is 6.92 Å². The van der Waals surface area contributed by atoms with E-state index in [9.17, 15) is 5.11 Å². The van der Waals surface area contributed by atoms with E-state index in [1.165, 1.54) is 0 Å². The van der Waals surface area contributed by atoms with Crippen LogP contribution in [0.4, 0.5) is 0 Å². The number of aliphatic hydroxyl groups is 1. The second-order valence-electron chi connectivity index (χ2n) is 5.94. The van der Waals surface area contributed by atoms with Gasteiger partial charge in [-0.1, -0.05) is 24.6 Å². The van der Waals surface area contributed by atoms with Crippen LogP contribution in [0.5, 0.6) is 17.2 Å². The molecule has 0 aliphatic heterocycles. The number of rotatable bonds is 10. The molecule has 0 spiro atoms. The van der Waals surface area contributed by atoms with Crippen molar-refractivity contribution in [2.45, 2.75) is 38.7 Å². The third-order valence-corrected chi connectivity index (χ3v) is 3.86. The molecule has 2 aromatic rings. The molecule has 25 heavy (non-hydrogen) atoms. The van der Waals surface area contributed by atoms with E-state index < -0.39 is 12.5 Å². The van der Waals surface area contributed by atoms with Crippen LogP contribution in [-0.2, 0) is 6.42 Å². The normalized spacial score (nSPS) is 13.6. The summed E-state index contributed by atoms with van der Waals surface area (Å²) in [7, 11) is 3.12. The molecule has 1 N–H and O–H groups in total. The first-order valence-electron chi connectivity index (χ1n) is 9.41. The highest BCUT2D eigenvalue weighted by Crippen LogP contribution is 2.28. The van der Waals surface area contributed by atoms with Gasteiger partial charge in [0.15, 0.2) is 11.5 Å². The molecule has 0 amide bonds. The Morgan fingerprint density at radius 1 is 1.08 bits per heavy atom. The average Bonchev–Trinajstić information content (AvgIpc) is 2.64. The maximum Gasteiger partial charge on any atom is 0.160 e. The average molecular weight is 346 g/mol. The molecule has 4 heteroatoms. The van der Waals surface area contributed by atoms with Crippen molar-refractivity contribution in [3.63, 3.8) is 0 Å². The molecular weight excluding hydrogens is 316 g/mol. The number of ether oxygens (including phenoxy) is 3. The van der Waals surface area contributed by atoms with Crippen molar-refractivity contribution in [3.8, 4) is 17.2 Å². The van der Waals surface area contributed by atoms with Gasteiger partial charge < -0.3 is 19.3 Å². The number of methoxy groups -OCH3 is 2. The summed E-state index contributed by atoms with van der Waals surface area (Å²) in [6, 6.07) is 13.0. The Bertz CT molecular complexity index is 734. The van der Waals surface area contributed by atoms with Crippen LogP contribution in [0.15, 0.2) is 42.5 Å². The molecule has 136 valence electrons. The van der Waals surface area contributed by atoms with Gasteiger partial charge in [-0.3, -0.25) is 0 Å². The third-order valence-electron chi connectivity index (χ3n) is 3.86. The number of hydrogen-bond acceptors (Lipinski definition) is 4. The zero-order valence-electron chi connectivity index (χ0n) is 17.1. The smallest absolute Gasteiger partial charge is 0.160 e. The summed E-state index contributed by atoms with van der Waals surface area (Å²) in [6.45, 7) is 2.13. The molecule has 0 aliphatic carbocycles. The van der Waals surface area contributed by atoms with Crippen LogP contribution >= 0.6 is 0 Å². The summed E-state index contributed by atoms with van der Waals surface area (Å²) in [6.07, 6.45) is -1.36. The molecule has 0 saturated heterocycles. The van der Waals surface area contributed by atoms with Gasteiger partial charge in [-0.15, -0.1) is 0 Å². The molecule has 2 aromatic carbocycles. The molecule has 2 rings (SSSR count). The van der Waals surface area contributed by atoms with Gasteiger partial charge in [0.05, 0.1) is 20.3 Å². The maximum absolute atomic E-state index is 10.1. The van der Waals surface area contributed by atoms with Crippen LogP contribution in [0.2, 0.25) is 0 Å². The molecule has 0 radical (unpaired) electrons. The summed E-state index contributed by atoms with van der Waals surface area (Å²) < 4.78 is 32.6. The topological polar surface area (TPSA) is 47.9 Å². The first-order valence-corrected chi connectivity index (χ1v) is 8.41. The van der Waals surface area contributed by atoms with Gasteiger partial charge in [0.1, 0.15) is 12.4 Å². The van der Waals surface area contributed by atoms with Crippen LogP contribution in [0.25, 0.3) is 0 Å². The number of aryl methyl sites for hydroxylation is 2. The molecular formula is C21H28O4. The second-order valence-corrected chi connectivity index (χ2v) is 5.94. The summed E-state index contributed by atoms with van der Waals surface area (Å²) >= 11 is 0. The lowest BCUT2D eigenvalue weighted by molar-refractivity contribution is 0.0976. The summed E-state index contributed by atoms with van der Waals surface area (Å²) in [5, 5.41) is 10.1. The highest BCUT2D eigenvalue weighted by molar-refractivity contribution is 5.42. The molecule has 0 fully saturated rings. The standard InChI is InChI=1S/C21H28O4/c1-16-7-6-10-19(13-16)25-15-18(22)9-5-4-8-17-11-12-20(23-2)21(14-17)24-3/h6-7,10-14,18,22H,4-5,8-9,15H2,1-3H3/i4D2. The zero-order chi connectivity index (χ0) is 19.9. The minimum Gasteiger partial charge on any atom is -0.493 e. The Morgan fingerprint density at radius 2 is 1.88 bits per heavy atom. The molecule has 0 bridgehead atoms. The third kappa shape index (κ3) is 6.31. The largest absolute Gasteiger partial charge is 0.493 e. The zero-order valence-corrected chi connectivity index (χ0v) is 15.1. The van der Waals surface area contributed by atoms with Crippen molar-refractivity contribution >= 4 is 0 Å². The van der Waals surface area contributed by atoms with Crippen molar-refractivity contribution in [1.82, 2.24) is 0 Å². The lowest BCUT2D eigenvalue weighted by Crippen LogP contribution is -2.17. The van der Waals surface area contributed by atoms with Gasteiger partial charge in [-0.05, 0) is 61.5 Å². The van der Waals surface area contributed by atoms with Crippen molar-refractivity contribution in [3.05, 3.63) is 53.6 Å². The summed E-state index contributed by atoms with van der Waals surface area (Å²) in [5.74, 6) is 1.91. The Hall–Kier alpha value is -2.20. The number of aliphatic hydroxyl groups excluding tert-OH is 1. The first-order chi connectivity index (χ1) is 12.8. The number of hydrogen-bond donors (Lipinski definition) is 1. The lowest BCUT2D eigenvalue weighted by atomic mass is 10.0. The van der Waals surface area contributed by atoms with E-state index in [4.69, 9.17) is 17.0 Å². The van der Waals surface area contributed by atoms with Gasteiger partial charge in [0, 0.05) is 2.74 Å². The SMILES string of the molecule is [2H]C([2H])(CCC(O)COc1cccc(C)c1)Cc1ccc(OC)c(OC)c1. The Labute approximate surface area is 153 Å². The summed E-state index contributed by atoms with van der Waals surface area (Å²) in [5.41, 5.74) is 1.91. The molecule has 0 saturated carbocycles. The highest BCUT2D eigenvalue weighted by atomic mass is 16.5. The first kappa shape index (κ1) is 16.3. The van der Waals surface area contributed by atoms with Gasteiger partial charge in [-0.25, -0.2) is 0 Å². The van der Waals surface area contributed by atoms with Crippen LogP contribution in [-0.4, -0.2) is 32.0 Å². The van der Waals surface area contributed by atoms with E-state index in [0.717, 1.165) is 11.1 Å². The predicted molar refractivity (Wildman–Crippen MR) is 99.8 cm³/mol. The molecule has 0 heterocycles. The van der Waals surface area contributed by atoms with Crippen molar-refractivity contribution in [1.29, 1.82) is 0 Å². The van der Waals surface area contributed by atoms with Crippen LogP contribution < -0.4 is 14.2 Å². The fraction of sp³-hybridized carbons (Fsp3) is 0.429. The monoisotopic (exact) mass is 346 g/mol. The Kier molecular flexibility index (Phi) is 6.47. The fourth-order valence-corrected chi connectivity index (χ4v) is 2.47. The van der Waals surface area contributed by atoms with Gasteiger partial charge in [-0.2, -0.15) is 0 Å². The quantitative estimate of drug-likeness (QED) is 0.701. The minimum absolute atomic E-state index is 0.149. The van der Waals surface area contributed by atoms with E-state index >= 15 is 0 Å². The molecule has 0 aliphatic rings. The van der Waals surface area contributed by atoms with E-state index in [2.05, 4.69) is 0 Å². The van der Waals surface area contributed by atoms with E-state index in [1.807, 2.05) is 37.3 Å². The maximum atomic E-state index is 10.1. The molecule has 4 nitrogen and oxygen atoms in total. The van der Waals surface area contributed by atoms with E-state index in [1.54, 1.807) is 26.4 Å². The molecule has 0 aromatic heterocycles. The van der Waals surface area contributed by atoms with E-state index in [-0.39, 0.29) is 19.4 Å². The number of benzene rings is 2. The summed E-state index contributed by atoms with van der Waals surface area (Å²) in [4.78, 5) is 0. The molecule has 1 unspecified atom stereocenters.